The molecule has 0 bridgehead atoms. The molecule has 6 nitrogen and oxygen atoms in total. The highest BCUT2D eigenvalue weighted by atomic mass is 35.5. The Labute approximate surface area is 251 Å². The molecule has 11 heteroatoms. The van der Waals surface area contributed by atoms with Crippen LogP contribution in [0.1, 0.15) is 27.4 Å². The molecule has 0 saturated heterocycles. The van der Waals surface area contributed by atoms with Gasteiger partial charge in [-0.15, -0.1) is 23.2 Å². The van der Waals surface area contributed by atoms with Crippen molar-refractivity contribution in [3.05, 3.63) is 92.4 Å². The third-order valence-corrected chi connectivity index (χ3v) is 8.15. The molecule has 2 unspecified atom stereocenters. The number of hydrogen-bond donors (Lipinski definition) is 1. The van der Waals surface area contributed by atoms with E-state index in [1.54, 1.807) is 61.6 Å². The summed E-state index contributed by atoms with van der Waals surface area (Å²) in [5.41, 5.74) is 2.69. The predicted octanol–water partition coefficient (Wildman–Crippen LogP) is 7.21. The van der Waals surface area contributed by atoms with Gasteiger partial charge in [-0.2, -0.15) is 0 Å². The Hall–Kier alpha value is -2.32. The van der Waals surface area contributed by atoms with Gasteiger partial charge in [0.1, 0.15) is 10.9 Å². The van der Waals surface area contributed by atoms with Crippen LogP contribution in [0, 0.1) is 5.92 Å². The van der Waals surface area contributed by atoms with E-state index in [0.717, 1.165) is 5.56 Å². The molecular weight excluding hydrogens is 606 g/mol. The van der Waals surface area contributed by atoms with E-state index in [0.29, 0.717) is 27.0 Å². The third-order valence-electron chi connectivity index (χ3n) is 6.44. The van der Waals surface area contributed by atoms with Gasteiger partial charge in [-0.05, 0) is 59.7 Å². The molecule has 1 aliphatic carbocycles. The van der Waals surface area contributed by atoms with Crippen LogP contribution >= 0.6 is 58.0 Å². The number of Topliss-reactive ketones (excluding diaryl/α,β-unsaturated/α-hetero) is 1. The third kappa shape index (κ3) is 6.71. The Balaban J connectivity index is 1.45. The number of amides is 2. The number of halogens is 5. The number of anilines is 2. The van der Waals surface area contributed by atoms with E-state index in [9.17, 15) is 14.4 Å². The molecule has 2 atom stereocenters. The summed E-state index contributed by atoms with van der Waals surface area (Å²) in [6.45, 7) is -0.0325. The van der Waals surface area contributed by atoms with Crippen molar-refractivity contribution >= 4 is 87.0 Å². The van der Waals surface area contributed by atoms with Crippen LogP contribution in [0.15, 0.2) is 60.7 Å². The van der Waals surface area contributed by atoms with Gasteiger partial charge in [0.05, 0.1) is 10.9 Å². The highest BCUT2D eigenvalue weighted by Gasteiger charge is 2.67. The summed E-state index contributed by atoms with van der Waals surface area (Å²) in [6.07, 6.45) is 0.0693. The summed E-state index contributed by atoms with van der Waals surface area (Å²) in [6, 6.07) is 16.6. The Morgan fingerprint density at radius 3 is 2.21 bits per heavy atom. The highest BCUT2D eigenvalue weighted by Crippen LogP contribution is 2.65. The van der Waals surface area contributed by atoms with Gasteiger partial charge in [0.15, 0.2) is 5.78 Å². The molecule has 3 aromatic carbocycles. The van der Waals surface area contributed by atoms with Crippen LogP contribution in [0.25, 0.3) is 0 Å². The predicted molar refractivity (Wildman–Crippen MR) is 157 cm³/mol. The van der Waals surface area contributed by atoms with Crippen molar-refractivity contribution in [3.8, 4) is 0 Å². The number of nitrogens with one attached hydrogen (secondary N) is 1. The first-order valence-corrected chi connectivity index (χ1v) is 13.6. The average Bonchev–Trinajstić information content (AvgIpc) is 3.46. The van der Waals surface area contributed by atoms with E-state index >= 15 is 0 Å². The largest absolute Gasteiger partial charge is 0.375 e. The quantitative estimate of drug-likeness (QED) is 0.201. The zero-order valence-corrected chi connectivity index (χ0v) is 24.6. The van der Waals surface area contributed by atoms with Crippen LogP contribution in [-0.4, -0.2) is 42.7 Å². The number of hydrogen-bond acceptors (Lipinski definition) is 4. The van der Waals surface area contributed by atoms with Gasteiger partial charge in [0, 0.05) is 53.5 Å². The molecule has 3 aromatic rings. The molecule has 0 aliphatic heterocycles. The van der Waals surface area contributed by atoms with Crippen LogP contribution in [0.3, 0.4) is 0 Å². The zero-order valence-electron chi connectivity index (χ0n) is 20.8. The number of ether oxygens (including phenoxy) is 1. The maximum Gasteiger partial charge on any atom is 0.252 e. The van der Waals surface area contributed by atoms with Crippen molar-refractivity contribution in [2.24, 2.45) is 5.92 Å². The first-order valence-electron chi connectivity index (χ1n) is 11.7. The van der Waals surface area contributed by atoms with E-state index in [1.807, 2.05) is 0 Å². The number of likely N-dealkylation sites (N-methyl/N-ethyl adjacent to an activating group) is 1. The Kier molecular flexibility index (Phi) is 9.16. The summed E-state index contributed by atoms with van der Waals surface area (Å²) in [4.78, 5) is 39.7. The van der Waals surface area contributed by atoms with Gasteiger partial charge in [-0.1, -0.05) is 46.9 Å². The summed E-state index contributed by atoms with van der Waals surface area (Å²) < 4.78 is 3.54. The van der Waals surface area contributed by atoms with Crippen molar-refractivity contribution in [2.75, 3.05) is 31.0 Å². The lowest BCUT2D eigenvalue weighted by Crippen LogP contribution is -2.29. The number of methoxy groups -OCH3 is 1. The van der Waals surface area contributed by atoms with E-state index in [2.05, 4.69) is 5.32 Å². The maximum absolute atomic E-state index is 13.1. The van der Waals surface area contributed by atoms with Gasteiger partial charge >= 0.3 is 0 Å². The van der Waals surface area contributed by atoms with Gasteiger partial charge in [-0.25, -0.2) is 0 Å². The van der Waals surface area contributed by atoms with Gasteiger partial charge in [0.2, 0.25) is 5.91 Å². The van der Waals surface area contributed by atoms with Crippen molar-refractivity contribution in [1.82, 2.24) is 0 Å². The summed E-state index contributed by atoms with van der Waals surface area (Å²) >= 11 is 31.4. The fraction of sp³-hybridized carbons (Fsp3) is 0.250. The summed E-state index contributed by atoms with van der Waals surface area (Å²) in [7, 11) is 3.10. The molecule has 0 radical (unpaired) electrons. The van der Waals surface area contributed by atoms with Crippen molar-refractivity contribution in [2.45, 2.75) is 16.7 Å². The standard InChI is InChI=1S/C28H23Cl5N2O4/c1-35(24(37)14-39-2)20-6-3-15(4-7-20)9-23(36)21-13-19(5-8-22(21)31)34-27(38)26-25(28(26,32)33)16-10-17(29)12-18(30)11-16/h3-8,10-13,25-26H,9,14H2,1-2H3,(H,34,38). The molecule has 0 spiro atoms. The topological polar surface area (TPSA) is 75.7 Å². The Morgan fingerprint density at radius 1 is 0.949 bits per heavy atom. The number of alkyl halides is 2. The van der Waals surface area contributed by atoms with Crippen molar-refractivity contribution in [3.63, 3.8) is 0 Å². The van der Waals surface area contributed by atoms with Gasteiger partial charge < -0.3 is 15.0 Å². The molecule has 0 heterocycles. The van der Waals surface area contributed by atoms with Crippen LogP contribution < -0.4 is 10.2 Å². The minimum Gasteiger partial charge on any atom is -0.375 e. The molecule has 4 rings (SSSR count). The molecule has 1 N–H and O–H groups in total. The smallest absolute Gasteiger partial charge is 0.252 e. The minimum atomic E-state index is -1.34. The Bertz CT molecular complexity index is 1410. The monoisotopic (exact) mass is 626 g/mol. The summed E-state index contributed by atoms with van der Waals surface area (Å²) in [5, 5.41) is 3.86. The average molecular weight is 629 g/mol. The first-order chi connectivity index (χ1) is 18.4. The lowest BCUT2D eigenvalue weighted by molar-refractivity contribution is -0.122. The van der Waals surface area contributed by atoms with E-state index in [1.165, 1.54) is 18.1 Å². The molecule has 1 saturated carbocycles. The minimum absolute atomic E-state index is 0.0325. The van der Waals surface area contributed by atoms with Crippen LogP contribution in [0.4, 0.5) is 11.4 Å². The second-order valence-corrected chi connectivity index (χ2v) is 11.9. The molecule has 2 amide bonds. The lowest BCUT2D eigenvalue weighted by atomic mass is 10.0. The normalized spacial score (nSPS) is 17.4. The number of benzene rings is 3. The highest BCUT2D eigenvalue weighted by molar-refractivity contribution is 6.53. The molecule has 1 fully saturated rings. The number of carbonyl (C=O) groups excluding carboxylic acids is 3. The van der Waals surface area contributed by atoms with Crippen LogP contribution in [0.5, 0.6) is 0 Å². The molecule has 204 valence electrons. The molecule has 39 heavy (non-hydrogen) atoms. The zero-order chi connectivity index (χ0) is 28.5. The Morgan fingerprint density at radius 2 is 1.59 bits per heavy atom. The van der Waals surface area contributed by atoms with Crippen molar-refractivity contribution < 1.29 is 19.1 Å². The number of nitrogens with zero attached hydrogens (tertiary/aromatic N) is 1. The van der Waals surface area contributed by atoms with E-state index in [-0.39, 0.29) is 35.3 Å². The van der Waals surface area contributed by atoms with Crippen molar-refractivity contribution in [1.29, 1.82) is 0 Å². The maximum atomic E-state index is 13.1. The van der Waals surface area contributed by atoms with E-state index < -0.39 is 22.1 Å². The number of ketones is 1. The van der Waals surface area contributed by atoms with E-state index in [4.69, 9.17) is 62.7 Å². The fourth-order valence-electron chi connectivity index (χ4n) is 4.34. The lowest BCUT2D eigenvalue weighted by Gasteiger charge is -2.17. The number of rotatable bonds is 9. The second-order valence-electron chi connectivity index (χ2n) is 9.17. The van der Waals surface area contributed by atoms with Crippen LogP contribution in [0.2, 0.25) is 15.1 Å². The van der Waals surface area contributed by atoms with Gasteiger partial charge in [0.25, 0.3) is 5.91 Å². The van der Waals surface area contributed by atoms with Crippen LogP contribution in [-0.2, 0) is 20.7 Å². The molecular formula is C28H23Cl5N2O4. The first kappa shape index (κ1) is 29.7. The fourth-order valence-corrected chi connectivity index (χ4v) is 5.94. The van der Waals surface area contributed by atoms with Gasteiger partial charge in [-0.3, -0.25) is 14.4 Å². The SMILES string of the molecule is COCC(=O)N(C)c1ccc(CC(=O)c2cc(NC(=O)C3C(c4cc(Cl)cc(Cl)c4)C3(Cl)Cl)ccc2Cl)cc1. The second kappa shape index (κ2) is 12.0. The molecule has 1 aliphatic rings. The number of carbonyl (C=O) groups is 3. The summed E-state index contributed by atoms with van der Waals surface area (Å²) in [5.74, 6) is -2.10. The molecule has 0 aromatic heterocycles.